The molecule has 1 atom stereocenters. The van der Waals surface area contributed by atoms with Crippen molar-refractivity contribution in [2.24, 2.45) is 4.99 Å². The number of rotatable bonds is 2. The van der Waals surface area contributed by atoms with E-state index in [0.717, 1.165) is 18.1 Å². The second kappa shape index (κ2) is 4.61. The number of nitrogens with zero attached hydrogens (tertiary/aromatic N) is 3. The lowest BCUT2D eigenvalue weighted by atomic mass is 10.1. The van der Waals surface area contributed by atoms with Crippen molar-refractivity contribution in [3.63, 3.8) is 0 Å². The van der Waals surface area contributed by atoms with Gasteiger partial charge in [-0.05, 0) is 17.7 Å². The van der Waals surface area contributed by atoms with Crippen molar-refractivity contribution in [3.8, 4) is 0 Å². The molecule has 3 nitrogen and oxygen atoms in total. The molecule has 0 unspecified atom stereocenters. The third-order valence-electron chi connectivity index (χ3n) is 3.29. The molecule has 0 radical (unpaired) electrons. The standard InChI is InChI=1S/C15H15N3/c1-18-14(12-7-3-2-4-8-12)11-17-15(18)13-9-5-6-10-16-13/h2-10,14H,11H2,1H3/t14-/m0/s1. The van der Waals surface area contributed by atoms with Crippen LogP contribution in [-0.2, 0) is 0 Å². The van der Waals surface area contributed by atoms with Crippen LogP contribution in [0.15, 0.2) is 59.7 Å². The second-order valence-electron chi connectivity index (χ2n) is 4.42. The number of pyridine rings is 1. The van der Waals surface area contributed by atoms with Crippen LogP contribution in [0, 0.1) is 0 Å². The summed E-state index contributed by atoms with van der Waals surface area (Å²) in [7, 11) is 2.08. The van der Waals surface area contributed by atoms with Crippen molar-refractivity contribution in [2.75, 3.05) is 13.6 Å². The zero-order chi connectivity index (χ0) is 12.4. The number of aromatic nitrogens is 1. The fourth-order valence-corrected chi connectivity index (χ4v) is 2.32. The van der Waals surface area contributed by atoms with Crippen LogP contribution in [0.1, 0.15) is 17.3 Å². The maximum Gasteiger partial charge on any atom is 0.150 e. The van der Waals surface area contributed by atoms with Gasteiger partial charge in [0.05, 0.1) is 12.6 Å². The van der Waals surface area contributed by atoms with E-state index in [-0.39, 0.29) is 0 Å². The fourth-order valence-electron chi connectivity index (χ4n) is 2.32. The van der Waals surface area contributed by atoms with Gasteiger partial charge in [0, 0.05) is 13.2 Å². The summed E-state index contributed by atoms with van der Waals surface area (Å²) in [5.74, 6) is 0.976. The first-order valence-corrected chi connectivity index (χ1v) is 6.10. The minimum Gasteiger partial charge on any atom is -0.349 e. The maximum absolute atomic E-state index is 4.62. The smallest absolute Gasteiger partial charge is 0.150 e. The number of hydrogen-bond donors (Lipinski definition) is 0. The monoisotopic (exact) mass is 237 g/mol. The summed E-state index contributed by atoms with van der Waals surface area (Å²) in [5, 5.41) is 0. The molecule has 1 aromatic carbocycles. The minimum absolute atomic E-state index is 0.322. The molecule has 90 valence electrons. The average Bonchev–Trinajstić information content (AvgIpc) is 2.83. The zero-order valence-electron chi connectivity index (χ0n) is 10.3. The number of aliphatic imine (C=N–C) groups is 1. The summed E-state index contributed by atoms with van der Waals surface area (Å²) in [6.07, 6.45) is 1.81. The van der Waals surface area contributed by atoms with Gasteiger partial charge in [-0.2, -0.15) is 0 Å². The van der Waals surface area contributed by atoms with Crippen molar-refractivity contribution < 1.29 is 0 Å². The molecule has 0 aliphatic carbocycles. The van der Waals surface area contributed by atoms with E-state index in [1.807, 2.05) is 30.5 Å². The molecule has 18 heavy (non-hydrogen) atoms. The summed E-state index contributed by atoms with van der Waals surface area (Å²) in [4.78, 5) is 11.2. The Labute approximate surface area is 107 Å². The van der Waals surface area contributed by atoms with Gasteiger partial charge in [-0.15, -0.1) is 0 Å². The molecule has 3 rings (SSSR count). The lowest BCUT2D eigenvalue weighted by Gasteiger charge is -2.23. The van der Waals surface area contributed by atoms with E-state index in [4.69, 9.17) is 0 Å². The first-order chi connectivity index (χ1) is 8.86. The molecule has 2 aromatic rings. The van der Waals surface area contributed by atoms with Crippen molar-refractivity contribution >= 4 is 5.84 Å². The van der Waals surface area contributed by atoms with Crippen molar-refractivity contribution in [3.05, 3.63) is 66.0 Å². The van der Waals surface area contributed by atoms with Crippen molar-refractivity contribution in [1.29, 1.82) is 0 Å². The lowest BCUT2D eigenvalue weighted by Crippen LogP contribution is -2.27. The summed E-state index contributed by atoms with van der Waals surface area (Å²) < 4.78 is 0. The predicted molar refractivity (Wildman–Crippen MR) is 72.6 cm³/mol. The molecule has 1 aliphatic rings. The van der Waals surface area contributed by atoms with E-state index in [1.165, 1.54) is 5.56 Å². The maximum atomic E-state index is 4.62. The van der Waals surface area contributed by atoms with Gasteiger partial charge in [0.1, 0.15) is 11.5 Å². The SMILES string of the molecule is CN1C(c2ccccn2)=NC[C@H]1c1ccccc1. The molecule has 0 fully saturated rings. The van der Waals surface area contributed by atoms with Gasteiger partial charge in [0.25, 0.3) is 0 Å². The number of amidine groups is 1. The van der Waals surface area contributed by atoms with Gasteiger partial charge >= 0.3 is 0 Å². The molecular weight excluding hydrogens is 222 g/mol. The molecule has 3 heteroatoms. The number of hydrogen-bond acceptors (Lipinski definition) is 3. The first kappa shape index (κ1) is 11.0. The normalized spacial score (nSPS) is 18.8. The van der Waals surface area contributed by atoms with Gasteiger partial charge in [-0.1, -0.05) is 36.4 Å². The van der Waals surface area contributed by atoms with Gasteiger partial charge < -0.3 is 4.90 Å². The Morgan fingerprint density at radius 1 is 1.06 bits per heavy atom. The summed E-state index contributed by atoms with van der Waals surface area (Å²) in [6, 6.07) is 16.7. The van der Waals surface area contributed by atoms with Crippen LogP contribution in [0.4, 0.5) is 0 Å². The summed E-state index contributed by atoms with van der Waals surface area (Å²) >= 11 is 0. The van der Waals surface area contributed by atoms with Crippen LogP contribution in [-0.4, -0.2) is 29.3 Å². The van der Waals surface area contributed by atoms with E-state index in [9.17, 15) is 0 Å². The average molecular weight is 237 g/mol. The van der Waals surface area contributed by atoms with Crippen LogP contribution >= 0.6 is 0 Å². The quantitative estimate of drug-likeness (QED) is 0.803. The highest BCUT2D eigenvalue weighted by Crippen LogP contribution is 2.26. The Morgan fingerprint density at radius 3 is 2.56 bits per heavy atom. The molecule has 0 amide bonds. The molecule has 1 aromatic heterocycles. The third-order valence-corrected chi connectivity index (χ3v) is 3.29. The first-order valence-electron chi connectivity index (χ1n) is 6.10. The number of benzene rings is 1. The Morgan fingerprint density at radius 2 is 1.83 bits per heavy atom. The van der Waals surface area contributed by atoms with E-state index in [2.05, 4.69) is 46.2 Å². The molecule has 0 bridgehead atoms. The molecule has 2 heterocycles. The van der Waals surface area contributed by atoms with Gasteiger partial charge in [-0.3, -0.25) is 9.98 Å². The predicted octanol–water partition coefficient (Wildman–Crippen LogP) is 2.51. The van der Waals surface area contributed by atoms with Crippen LogP contribution in [0.5, 0.6) is 0 Å². The molecule has 1 aliphatic heterocycles. The Balaban J connectivity index is 1.87. The van der Waals surface area contributed by atoms with E-state index in [1.54, 1.807) is 0 Å². The highest BCUT2D eigenvalue weighted by atomic mass is 15.3. The minimum atomic E-state index is 0.322. The second-order valence-corrected chi connectivity index (χ2v) is 4.42. The highest BCUT2D eigenvalue weighted by Gasteiger charge is 2.26. The van der Waals surface area contributed by atoms with Crippen LogP contribution < -0.4 is 0 Å². The van der Waals surface area contributed by atoms with Crippen LogP contribution in [0.25, 0.3) is 0 Å². The van der Waals surface area contributed by atoms with Gasteiger partial charge in [0.2, 0.25) is 0 Å². The van der Waals surface area contributed by atoms with E-state index < -0.39 is 0 Å². The van der Waals surface area contributed by atoms with Crippen molar-refractivity contribution in [2.45, 2.75) is 6.04 Å². The Kier molecular flexibility index (Phi) is 2.81. The largest absolute Gasteiger partial charge is 0.349 e. The Hall–Kier alpha value is -2.16. The van der Waals surface area contributed by atoms with Gasteiger partial charge in [-0.25, -0.2) is 0 Å². The van der Waals surface area contributed by atoms with Gasteiger partial charge in [0.15, 0.2) is 0 Å². The zero-order valence-corrected chi connectivity index (χ0v) is 10.3. The van der Waals surface area contributed by atoms with Crippen molar-refractivity contribution in [1.82, 2.24) is 9.88 Å². The topological polar surface area (TPSA) is 28.5 Å². The van der Waals surface area contributed by atoms with E-state index >= 15 is 0 Å². The van der Waals surface area contributed by atoms with Crippen LogP contribution in [0.3, 0.4) is 0 Å². The third kappa shape index (κ3) is 1.88. The molecule has 0 N–H and O–H groups in total. The fraction of sp³-hybridized carbons (Fsp3) is 0.200. The highest BCUT2D eigenvalue weighted by molar-refractivity contribution is 5.98. The molecule has 0 saturated heterocycles. The molecule has 0 spiro atoms. The number of likely N-dealkylation sites (N-methyl/N-ethyl adjacent to an activating group) is 1. The molecular formula is C15H15N3. The summed E-state index contributed by atoms with van der Waals surface area (Å²) in [5.41, 5.74) is 2.24. The lowest BCUT2D eigenvalue weighted by molar-refractivity contribution is 0.417. The Bertz CT molecular complexity index is 548. The van der Waals surface area contributed by atoms with E-state index in [0.29, 0.717) is 6.04 Å². The van der Waals surface area contributed by atoms with Crippen LogP contribution in [0.2, 0.25) is 0 Å². The molecule has 0 saturated carbocycles. The summed E-state index contributed by atoms with van der Waals surface area (Å²) in [6.45, 7) is 0.798.